The topological polar surface area (TPSA) is 78.9 Å². The Morgan fingerprint density at radius 1 is 0.276 bits per heavy atom. The monoisotopic (exact) mass is 1060 g/mol. The fraction of sp³-hybridized carbons (Fsp3) is 0.786. The van der Waals surface area contributed by atoms with Crippen molar-refractivity contribution in [2.24, 2.45) is 0 Å². The molecule has 0 rings (SSSR count). The first-order valence-electron chi connectivity index (χ1n) is 32.9. The largest absolute Gasteiger partial charge is 0.462 e. The summed E-state index contributed by atoms with van der Waals surface area (Å²) in [5.41, 5.74) is 0. The summed E-state index contributed by atoms with van der Waals surface area (Å²) in [6, 6.07) is 0. The van der Waals surface area contributed by atoms with Crippen molar-refractivity contribution in [2.75, 3.05) is 13.2 Å². The summed E-state index contributed by atoms with van der Waals surface area (Å²) < 4.78 is 16.9. The highest BCUT2D eigenvalue weighted by Gasteiger charge is 2.19. The van der Waals surface area contributed by atoms with Crippen LogP contribution in [0.4, 0.5) is 0 Å². The average Bonchev–Trinajstić information content (AvgIpc) is 3.42. The maximum Gasteiger partial charge on any atom is 0.306 e. The highest BCUT2D eigenvalue weighted by molar-refractivity contribution is 5.71. The molecule has 1 atom stereocenters. The normalized spacial score (nSPS) is 12.5. The van der Waals surface area contributed by atoms with Crippen molar-refractivity contribution in [3.63, 3.8) is 0 Å². The van der Waals surface area contributed by atoms with Gasteiger partial charge in [0.2, 0.25) is 0 Å². The van der Waals surface area contributed by atoms with Gasteiger partial charge in [-0.15, -0.1) is 0 Å². The zero-order valence-corrected chi connectivity index (χ0v) is 50.5. The number of hydrogen-bond acceptors (Lipinski definition) is 6. The molecular weight excluding hydrogens is 937 g/mol. The molecule has 6 heteroatoms. The van der Waals surface area contributed by atoms with Gasteiger partial charge >= 0.3 is 17.9 Å². The van der Waals surface area contributed by atoms with E-state index in [1.165, 1.54) is 199 Å². The first kappa shape index (κ1) is 72.8. The standard InChI is InChI=1S/C70H124O6/c1-4-7-10-13-16-19-22-24-26-28-29-30-31-32-33-34-35-36-37-38-39-40-41-43-44-46-48-51-54-57-60-63-69(72)75-66-67(65-74-68(71)62-59-56-53-50-21-18-15-12-9-6-3)76-70(73)64-61-58-55-52-49-47-45-42-27-25-23-20-17-14-11-8-5-2/h7,10,12,15-16,19,24-27,29-30,67H,4-6,8-9,11,13-14,17-18,20-23,28,31-66H2,1-3H3/b10-7-,15-12-,19-16-,26-24-,27-25-,30-29-. The smallest absolute Gasteiger partial charge is 0.306 e. The average molecular weight is 1060 g/mol. The van der Waals surface area contributed by atoms with Crippen LogP contribution < -0.4 is 0 Å². The first-order valence-corrected chi connectivity index (χ1v) is 32.9. The summed E-state index contributed by atoms with van der Waals surface area (Å²) in [5, 5.41) is 0. The molecule has 0 heterocycles. The van der Waals surface area contributed by atoms with Gasteiger partial charge in [-0.1, -0.05) is 286 Å². The molecule has 0 aliphatic heterocycles. The van der Waals surface area contributed by atoms with Crippen molar-refractivity contribution in [1.29, 1.82) is 0 Å². The lowest BCUT2D eigenvalue weighted by Crippen LogP contribution is -2.30. The molecule has 0 saturated carbocycles. The Morgan fingerprint density at radius 2 is 0.539 bits per heavy atom. The third-order valence-electron chi connectivity index (χ3n) is 14.4. The van der Waals surface area contributed by atoms with E-state index in [0.29, 0.717) is 19.3 Å². The minimum Gasteiger partial charge on any atom is -0.462 e. The van der Waals surface area contributed by atoms with Gasteiger partial charge in [-0.2, -0.15) is 0 Å². The van der Waals surface area contributed by atoms with Gasteiger partial charge in [0.25, 0.3) is 0 Å². The highest BCUT2D eigenvalue weighted by Crippen LogP contribution is 2.17. The second-order valence-corrected chi connectivity index (χ2v) is 22.0. The molecule has 76 heavy (non-hydrogen) atoms. The number of allylic oxidation sites excluding steroid dienone is 12. The summed E-state index contributed by atoms with van der Waals surface area (Å²) in [7, 11) is 0. The van der Waals surface area contributed by atoms with Gasteiger partial charge in [-0.25, -0.2) is 0 Å². The predicted molar refractivity (Wildman–Crippen MR) is 330 cm³/mol. The van der Waals surface area contributed by atoms with Crippen LogP contribution in [0.1, 0.15) is 335 Å². The molecule has 0 radical (unpaired) electrons. The van der Waals surface area contributed by atoms with Gasteiger partial charge in [0.15, 0.2) is 6.10 Å². The maximum atomic E-state index is 12.9. The van der Waals surface area contributed by atoms with Crippen LogP contribution >= 0.6 is 0 Å². The van der Waals surface area contributed by atoms with E-state index in [0.717, 1.165) is 96.3 Å². The molecule has 0 saturated heterocycles. The first-order chi connectivity index (χ1) is 37.5. The van der Waals surface area contributed by atoms with Crippen LogP contribution in [0.5, 0.6) is 0 Å². The molecule has 0 aromatic carbocycles. The number of hydrogen-bond donors (Lipinski definition) is 0. The molecule has 0 spiro atoms. The van der Waals surface area contributed by atoms with Crippen molar-refractivity contribution in [1.82, 2.24) is 0 Å². The minimum absolute atomic E-state index is 0.0760. The van der Waals surface area contributed by atoms with Crippen molar-refractivity contribution < 1.29 is 28.6 Å². The van der Waals surface area contributed by atoms with Crippen LogP contribution in [0.3, 0.4) is 0 Å². The second-order valence-electron chi connectivity index (χ2n) is 22.0. The van der Waals surface area contributed by atoms with Gasteiger partial charge in [-0.3, -0.25) is 14.4 Å². The number of carbonyl (C=O) groups is 3. The Morgan fingerprint density at radius 3 is 0.868 bits per heavy atom. The van der Waals surface area contributed by atoms with E-state index in [9.17, 15) is 14.4 Å². The van der Waals surface area contributed by atoms with E-state index in [1.54, 1.807) is 0 Å². The lowest BCUT2D eigenvalue weighted by Gasteiger charge is -2.18. The van der Waals surface area contributed by atoms with Gasteiger partial charge in [0, 0.05) is 19.3 Å². The zero-order valence-electron chi connectivity index (χ0n) is 50.5. The SMILES string of the molecule is CC/C=C\C/C=C\C/C=C\C/C=C\CCCCCCCCCCCCCCCCCCCCC(=O)OCC(COC(=O)CCCCCCC/C=C\CCC)OC(=O)CCCCCCCCC/C=C\CCCCCCCC. The van der Waals surface area contributed by atoms with Crippen LogP contribution in [0.2, 0.25) is 0 Å². The molecule has 0 fully saturated rings. The summed E-state index contributed by atoms with van der Waals surface area (Å²) >= 11 is 0. The van der Waals surface area contributed by atoms with Crippen LogP contribution in [0.15, 0.2) is 72.9 Å². The highest BCUT2D eigenvalue weighted by atomic mass is 16.6. The van der Waals surface area contributed by atoms with Gasteiger partial charge in [0.05, 0.1) is 0 Å². The van der Waals surface area contributed by atoms with E-state index < -0.39 is 6.10 Å². The van der Waals surface area contributed by atoms with Gasteiger partial charge in [0.1, 0.15) is 13.2 Å². The van der Waals surface area contributed by atoms with Crippen molar-refractivity contribution in [3.8, 4) is 0 Å². The van der Waals surface area contributed by atoms with Gasteiger partial charge < -0.3 is 14.2 Å². The molecule has 0 aliphatic rings. The molecule has 0 N–H and O–H groups in total. The summed E-state index contributed by atoms with van der Waals surface area (Å²) in [4.78, 5) is 38.2. The number of ether oxygens (including phenoxy) is 3. The Kier molecular flexibility index (Phi) is 61.7. The third kappa shape index (κ3) is 61.7. The zero-order chi connectivity index (χ0) is 55.0. The Hall–Kier alpha value is -3.15. The molecule has 440 valence electrons. The van der Waals surface area contributed by atoms with Crippen molar-refractivity contribution >= 4 is 17.9 Å². The Balaban J connectivity index is 4.11. The lowest BCUT2D eigenvalue weighted by molar-refractivity contribution is -0.167. The molecular formula is C70H124O6. The predicted octanol–water partition coefficient (Wildman–Crippen LogP) is 22.5. The van der Waals surface area contributed by atoms with Crippen LogP contribution in [0.25, 0.3) is 0 Å². The fourth-order valence-electron chi connectivity index (χ4n) is 9.49. The van der Waals surface area contributed by atoms with E-state index in [4.69, 9.17) is 14.2 Å². The van der Waals surface area contributed by atoms with Gasteiger partial charge in [-0.05, 0) is 103 Å². The van der Waals surface area contributed by atoms with Crippen LogP contribution in [0, 0.1) is 0 Å². The summed E-state index contributed by atoms with van der Waals surface area (Å²) in [6.07, 6.45) is 83.6. The second kappa shape index (κ2) is 64.4. The maximum absolute atomic E-state index is 12.9. The Bertz CT molecular complexity index is 1400. The van der Waals surface area contributed by atoms with Crippen LogP contribution in [-0.4, -0.2) is 37.2 Å². The van der Waals surface area contributed by atoms with E-state index in [2.05, 4.69) is 93.7 Å². The molecule has 0 amide bonds. The quantitative estimate of drug-likeness (QED) is 0.0261. The molecule has 0 aliphatic carbocycles. The molecule has 0 aromatic rings. The summed E-state index contributed by atoms with van der Waals surface area (Å²) in [5.74, 6) is -0.876. The van der Waals surface area contributed by atoms with E-state index in [1.807, 2.05) is 0 Å². The van der Waals surface area contributed by atoms with Crippen molar-refractivity contribution in [3.05, 3.63) is 72.9 Å². The number of esters is 3. The summed E-state index contributed by atoms with van der Waals surface area (Å²) in [6.45, 7) is 6.49. The molecule has 0 aromatic heterocycles. The molecule has 0 bridgehead atoms. The third-order valence-corrected chi connectivity index (χ3v) is 14.4. The van der Waals surface area contributed by atoms with Crippen LogP contribution in [-0.2, 0) is 28.6 Å². The number of rotatable bonds is 60. The Labute approximate surface area is 472 Å². The molecule has 1 unspecified atom stereocenters. The van der Waals surface area contributed by atoms with E-state index >= 15 is 0 Å². The lowest BCUT2D eigenvalue weighted by atomic mass is 10.0. The fourth-order valence-corrected chi connectivity index (χ4v) is 9.49. The van der Waals surface area contributed by atoms with Crippen molar-refractivity contribution in [2.45, 2.75) is 341 Å². The number of carbonyl (C=O) groups excluding carboxylic acids is 3. The number of unbranched alkanes of at least 4 members (excludes halogenated alkanes) is 37. The minimum atomic E-state index is -0.778. The van der Waals surface area contributed by atoms with E-state index in [-0.39, 0.29) is 31.1 Å². The molecule has 6 nitrogen and oxygen atoms in total.